The predicted molar refractivity (Wildman–Crippen MR) is 107 cm³/mol. The summed E-state index contributed by atoms with van der Waals surface area (Å²) in [4.78, 5) is 20.9. The van der Waals surface area contributed by atoms with Gasteiger partial charge in [-0.3, -0.25) is 0 Å². The number of carboxylic acid groups (broad SMARTS) is 1. The second-order valence-electron chi connectivity index (χ2n) is 6.35. The van der Waals surface area contributed by atoms with Gasteiger partial charge < -0.3 is 5.11 Å². The first-order chi connectivity index (χ1) is 13.2. The fraction of sp³-hybridized carbons (Fsp3) is 0.0870. The van der Waals surface area contributed by atoms with E-state index in [4.69, 9.17) is 9.97 Å². The Balaban J connectivity index is 1.97. The van der Waals surface area contributed by atoms with Gasteiger partial charge in [-0.1, -0.05) is 61.5 Å². The molecule has 4 aromatic rings. The van der Waals surface area contributed by atoms with Crippen LogP contribution in [0.15, 0.2) is 72.8 Å². The average Bonchev–Trinajstić information content (AvgIpc) is 2.73. The molecule has 0 aliphatic rings. The van der Waals surface area contributed by atoms with Crippen molar-refractivity contribution in [2.75, 3.05) is 0 Å². The molecule has 0 atom stereocenters. The summed E-state index contributed by atoms with van der Waals surface area (Å²) in [5, 5.41) is 9.27. The van der Waals surface area contributed by atoms with Crippen molar-refractivity contribution in [1.82, 2.24) is 9.97 Å². The molecular formula is C23H18N2O2. The van der Waals surface area contributed by atoms with Crippen LogP contribution in [0.5, 0.6) is 0 Å². The van der Waals surface area contributed by atoms with Crippen LogP contribution in [0.1, 0.15) is 22.8 Å². The number of aromatic nitrogens is 2. The van der Waals surface area contributed by atoms with Gasteiger partial charge in [0.1, 0.15) is 0 Å². The van der Waals surface area contributed by atoms with E-state index in [9.17, 15) is 9.90 Å². The number of fused-ring (bicyclic) bond motifs is 1. The van der Waals surface area contributed by atoms with Crippen molar-refractivity contribution in [1.29, 1.82) is 0 Å². The highest BCUT2D eigenvalue weighted by atomic mass is 16.4. The zero-order valence-electron chi connectivity index (χ0n) is 14.9. The molecule has 0 bridgehead atoms. The van der Waals surface area contributed by atoms with E-state index in [0.29, 0.717) is 11.0 Å². The molecule has 4 heteroatoms. The van der Waals surface area contributed by atoms with Gasteiger partial charge in [0.25, 0.3) is 0 Å². The first kappa shape index (κ1) is 16.9. The summed E-state index contributed by atoms with van der Waals surface area (Å²) in [6, 6.07) is 23.0. The molecule has 132 valence electrons. The molecule has 0 saturated carbocycles. The molecule has 0 saturated heterocycles. The van der Waals surface area contributed by atoms with Crippen LogP contribution in [0.25, 0.3) is 33.5 Å². The number of aromatic carboxylic acids is 1. The highest BCUT2D eigenvalue weighted by Gasteiger charge is 2.14. The molecule has 0 fully saturated rings. The standard InChI is InChI=1S/C23H18N2O2/c1-2-15-8-10-17(11-9-15)22-21(16-6-4-3-5-7-16)24-19-13-12-18(23(26)27)14-20(19)25-22/h3-14H,2H2,1H3,(H,26,27). The van der Waals surface area contributed by atoms with Gasteiger partial charge in [0.15, 0.2) is 0 Å². The minimum atomic E-state index is -0.973. The third-order valence-corrected chi connectivity index (χ3v) is 4.59. The van der Waals surface area contributed by atoms with Crippen molar-refractivity contribution in [2.24, 2.45) is 0 Å². The van der Waals surface area contributed by atoms with E-state index in [0.717, 1.165) is 28.9 Å². The van der Waals surface area contributed by atoms with Gasteiger partial charge in [0, 0.05) is 11.1 Å². The SMILES string of the molecule is CCc1ccc(-c2nc3cc(C(=O)O)ccc3nc2-c2ccccc2)cc1. The van der Waals surface area contributed by atoms with Crippen molar-refractivity contribution in [3.05, 3.63) is 83.9 Å². The van der Waals surface area contributed by atoms with Crippen molar-refractivity contribution >= 4 is 17.0 Å². The van der Waals surface area contributed by atoms with Gasteiger partial charge >= 0.3 is 5.97 Å². The Morgan fingerprint density at radius 3 is 2.07 bits per heavy atom. The Morgan fingerprint density at radius 1 is 0.815 bits per heavy atom. The molecule has 0 aliphatic heterocycles. The highest BCUT2D eigenvalue weighted by Crippen LogP contribution is 2.31. The number of hydrogen-bond acceptors (Lipinski definition) is 3. The van der Waals surface area contributed by atoms with E-state index < -0.39 is 5.97 Å². The van der Waals surface area contributed by atoms with Gasteiger partial charge in [-0.15, -0.1) is 0 Å². The van der Waals surface area contributed by atoms with Crippen molar-refractivity contribution in [3.8, 4) is 22.5 Å². The van der Waals surface area contributed by atoms with Crippen LogP contribution in [0.2, 0.25) is 0 Å². The number of hydrogen-bond donors (Lipinski definition) is 1. The molecule has 27 heavy (non-hydrogen) atoms. The first-order valence-electron chi connectivity index (χ1n) is 8.85. The molecule has 0 unspecified atom stereocenters. The smallest absolute Gasteiger partial charge is 0.335 e. The predicted octanol–water partition coefficient (Wildman–Crippen LogP) is 5.22. The Kier molecular flexibility index (Phi) is 4.38. The van der Waals surface area contributed by atoms with E-state index in [1.54, 1.807) is 18.2 Å². The molecule has 0 spiro atoms. The second-order valence-corrected chi connectivity index (χ2v) is 6.35. The van der Waals surface area contributed by atoms with Crippen LogP contribution >= 0.6 is 0 Å². The summed E-state index contributed by atoms with van der Waals surface area (Å²) in [5.74, 6) is -0.973. The third-order valence-electron chi connectivity index (χ3n) is 4.59. The first-order valence-corrected chi connectivity index (χ1v) is 8.85. The van der Waals surface area contributed by atoms with Gasteiger partial charge in [-0.2, -0.15) is 0 Å². The lowest BCUT2D eigenvalue weighted by atomic mass is 10.0. The van der Waals surface area contributed by atoms with Gasteiger partial charge in [-0.05, 0) is 30.2 Å². The molecule has 4 rings (SSSR count). The van der Waals surface area contributed by atoms with Crippen molar-refractivity contribution in [3.63, 3.8) is 0 Å². The lowest BCUT2D eigenvalue weighted by Crippen LogP contribution is -1.99. The molecule has 3 aromatic carbocycles. The number of carboxylic acids is 1. The monoisotopic (exact) mass is 354 g/mol. The molecule has 1 N–H and O–H groups in total. The molecule has 0 radical (unpaired) electrons. The van der Waals surface area contributed by atoms with E-state index in [1.165, 1.54) is 5.56 Å². The van der Waals surface area contributed by atoms with Gasteiger partial charge in [-0.25, -0.2) is 14.8 Å². The van der Waals surface area contributed by atoms with Crippen LogP contribution in [0.3, 0.4) is 0 Å². The lowest BCUT2D eigenvalue weighted by molar-refractivity contribution is 0.0697. The fourth-order valence-electron chi connectivity index (χ4n) is 3.08. The van der Waals surface area contributed by atoms with Crippen LogP contribution in [0.4, 0.5) is 0 Å². The summed E-state index contributed by atoms with van der Waals surface area (Å²) >= 11 is 0. The number of benzene rings is 3. The number of aryl methyl sites for hydroxylation is 1. The largest absolute Gasteiger partial charge is 0.478 e. The Labute approximate surface area is 157 Å². The molecular weight excluding hydrogens is 336 g/mol. The Hall–Kier alpha value is -3.53. The Bertz CT molecular complexity index is 1120. The average molecular weight is 354 g/mol. The minimum absolute atomic E-state index is 0.205. The number of carbonyl (C=O) groups is 1. The molecule has 1 aromatic heterocycles. The van der Waals surface area contributed by atoms with Crippen LogP contribution in [-0.2, 0) is 6.42 Å². The van der Waals surface area contributed by atoms with E-state index in [-0.39, 0.29) is 5.56 Å². The van der Waals surface area contributed by atoms with E-state index in [1.807, 2.05) is 42.5 Å². The number of nitrogens with zero attached hydrogens (tertiary/aromatic N) is 2. The fourth-order valence-corrected chi connectivity index (χ4v) is 3.08. The molecule has 0 amide bonds. The quantitative estimate of drug-likeness (QED) is 0.545. The summed E-state index contributed by atoms with van der Waals surface area (Å²) in [6.45, 7) is 2.12. The van der Waals surface area contributed by atoms with E-state index >= 15 is 0 Å². The second kappa shape index (κ2) is 7.00. The number of rotatable bonds is 4. The Morgan fingerprint density at radius 2 is 1.44 bits per heavy atom. The van der Waals surface area contributed by atoms with Gasteiger partial charge in [0.2, 0.25) is 0 Å². The van der Waals surface area contributed by atoms with Crippen molar-refractivity contribution < 1.29 is 9.90 Å². The van der Waals surface area contributed by atoms with Crippen molar-refractivity contribution in [2.45, 2.75) is 13.3 Å². The van der Waals surface area contributed by atoms with Gasteiger partial charge in [0.05, 0.1) is 28.0 Å². The summed E-state index contributed by atoms with van der Waals surface area (Å²) in [6.07, 6.45) is 0.969. The topological polar surface area (TPSA) is 63.1 Å². The maximum atomic E-state index is 11.3. The lowest BCUT2D eigenvalue weighted by Gasteiger charge is -2.11. The summed E-state index contributed by atoms with van der Waals surface area (Å²) < 4.78 is 0. The summed E-state index contributed by atoms with van der Waals surface area (Å²) in [7, 11) is 0. The highest BCUT2D eigenvalue weighted by molar-refractivity contribution is 5.94. The molecule has 1 heterocycles. The van der Waals surface area contributed by atoms with Crippen LogP contribution in [0, 0.1) is 0 Å². The maximum Gasteiger partial charge on any atom is 0.335 e. The molecule has 4 nitrogen and oxygen atoms in total. The maximum absolute atomic E-state index is 11.3. The zero-order valence-corrected chi connectivity index (χ0v) is 14.9. The van der Waals surface area contributed by atoms with E-state index in [2.05, 4.69) is 19.1 Å². The van der Waals surface area contributed by atoms with Crippen LogP contribution in [-0.4, -0.2) is 21.0 Å². The normalized spacial score (nSPS) is 10.9. The minimum Gasteiger partial charge on any atom is -0.478 e. The zero-order chi connectivity index (χ0) is 18.8. The summed E-state index contributed by atoms with van der Waals surface area (Å²) in [5.41, 5.74) is 6.18. The van der Waals surface area contributed by atoms with Crippen LogP contribution < -0.4 is 0 Å². The molecule has 0 aliphatic carbocycles. The third kappa shape index (κ3) is 3.29.